The van der Waals surface area contributed by atoms with Gasteiger partial charge in [0.15, 0.2) is 0 Å². The van der Waals surface area contributed by atoms with Crippen molar-refractivity contribution in [2.45, 2.75) is 17.2 Å². The maximum Gasteiger partial charge on any atom is 0.251 e. The van der Waals surface area contributed by atoms with Crippen LogP contribution in [-0.2, 0) is 12.3 Å². The molecule has 0 aromatic heterocycles. The fourth-order valence-electron chi connectivity index (χ4n) is 2.64. The van der Waals surface area contributed by atoms with E-state index in [1.54, 1.807) is 24.9 Å². The summed E-state index contributed by atoms with van der Waals surface area (Å²) in [5.74, 6) is 1.28. The molecule has 0 aliphatic rings. The van der Waals surface area contributed by atoms with E-state index in [9.17, 15) is 4.79 Å². The highest BCUT2D eigenvalue weighted by Crippen LogP contribution is 2.29. The van der Waals surface area contributed by atoms with Gasteiger partial charge in [0.05, 0.1) is 7.11 Å². The van der Waals surface area contributed by atoms with E-state index in [1.807, 2.05) is 60.7 Å². The van der Waals surface area contributed by atoms with Gasteiger partial charge in [-0.15, -0.1) is 11.8 Å². The number of hydrogen-bond donors (Lipinski definition) is 1. The molecule has 0 radical (unpaired) electrons. The van der Waals surface area contributed by atoms with Gasteiger partial charge in [-0.1, -0.05) is 41.4 Å². The van der Waals surface area contributed by atoms with E-state index >= 15 is 0 Å². The van der Waals surface area contributed by atoms with Gasteiger partial charge in [-0.2, -0.15) is 0 Å². The van der Waals surface area contributed by atoms with Gasteiger partial charge in [-0.25, -0.2) is 0 Å². The van der Waals surface area contributed by atoms with Gasteiger partial charge in [0.25, 0.3) is 5.91 Å². The van der Waals surface area contributed by atoms with Crippen molar-refractivity contribution in [1.29, 1.82) is 0 Å². The van der Waals surface area contributed by atoms with Crippen molar-refractivity contribution in [3.8, 4) is 5.75 Å². The SMILES string of the molecule is COc1ccc(C(=O)NCc2ccccc2Cl)cc1CSc1ccc(Cl)cc1. The number of carbonyl (C=O) groups is 1. The van der Waals surface area contributed by atoms with E-state index in [4.69, 9.17) is 27.9 Å². The summed E-state index contributed by atoms with van der Waals surface area (Å²) in [6.07, 6.45) is 0. The van der Waals surface area contributed by atoms with Crippen LogP contribution in [-0.4, -0.2) is 13.0 Å². The third-order valence-electron chi connectivity index (χ3n) is 4.15. The van der Waals surface area contributed by atoms with E-state index in [0.29, 0.717) is 27.9 Å². The van der Waals surface area contributed by atoms with Crippen molar-refractivity contribution >= 4 is 40.9 Å². The van der Waals surface area contributed by atoms with Crippen molar-refractivity contribution in [1.82, 2.24) is 5.32 Å². The van der Waals surface area contributed by atoms with Gasteiger partial charge in [0.2, 0.25) is 0 Å². The van der Waals surface area contributed by atoms with Crippen LogP contribution in [0.25, 0.3) is 0 Å². The molecule has 3 aromatic carbocycles. The van der Waals surface area contributed by atoms with Crippen molar-refractivity contribution in [2.75, 3.05) is 7.11 Å². The fourth-order valence-corrected chi connectivity index (χ4v) is 3.85. The molecule has 1 N–H and O–H groups in total. The van der Waals surface area contributed by atoms with Crippen molar-refractivity contribution in [2.24, 2.45) is 0 Å². The molecule has 0 bridgehead atoms. The average Bonchev–Trinajstić information content (AvgIpc) is 2.72. The predicted octanol–water partition coefficient (Wildman–Crippen LogP) is 6.22. The number of halogens is 2. The molecule has 0 spiro atoms. The molecule has 0 aliphatic heterocycles. The van der Waals surface area contributed by atoms with Crippen molar-refractivity contribution in [3.05, 3.63) is 93.5 Å². The number of rotatable bonds is 7. The Bertz CT molecular complexity index is 961. The van der Waals surface area contributed by atoms with Crippen LogP contribution in [0.15, 0.2) is 71.6 Å². The number of benzene rings is 3. The van der Waals surface area contributed by atoms with E-state index in [0.717, 1.165) is 21.8 Å². The minimum atomic E-state index is -0.152. The zero-order valence-electron chi connectivity index (χ0n) is 15.2. The lowest BCUT2D eigenvalue weighted by molar-refractivity contribution is 0.0951. The molecule has 1 amide bonds. The van der Waals surface area contributed by atoms with E-state index in [1.165, 1.54) is 0 Å². The van der Waals surface area contributed by atoms with Gasteiger partial charge >= 0.3 is 0 Å². The van der Waals surface area contributed by atoms with Gasteiger partial charge in [0, 0.05) is 38.4 Å². The highest BCUT2D eigenvalue weighted by atomic mass is 35.5. The monoisotopic (exact) mass is 431 g/mol. The molecule has 0 atom stereocenters. The highest BCUT2D eigenvalue weighted by molar-refractivity contribution is 7.98. The molecule has 3 aromatic rings. The smallest absolute Gasteiger partial charge is 0.251 e. The molecule has 0 heterocycles. The molecule has 0 aliphatic carbocycles. The summed E-state index contributed by atoms with van der Waals surface area (Å²) in [4.78, 5) is 13.7. The fraction of sp³-hybridized carbons (Fsp3) is 0.136. The first kappa shape index (κ1) is 20.6. The van der Waals surface area contributed by atoms with Gasteiger partial charge in [-0.05, 0) is 54.1 Å². The Morgan fingerprint density at radius 2 is 1.75 bits per heavy atom. The molecule has 0 saturated heterocycles. The molecule has 28 heavy (non-hydrogen) atoms. The molecule has 3 rings (SSSR count). The molecule has 144 valence electrons. The molecular formula is C22H19Cl2NO2S. The van der Waals surface area contributed by atoms with Crippen LogP contribution in [0.4, 0.5) is 0 Å². The number of nitrogens with one attached hydrogen (secondary N) is 1. The Balaban J connectivity index is 1.69. The molecular weight excluding hydrogens is 413 g/mol. The minimum absolute atomic E-state index is 0.152. The second-order valence-corrected chi connectivity index (χ2v) is 7.94. The first-order valence-electron chi connectivity index (χ1n) is 8.63. The van der Waals surface area contributed by atoms with Gasteiger partial charge < -0.3 is 10.1 Å². The lowest BCUT2D eigenvalue weighted by Gasteiger charge is -2.12. The Kier molecular flexibility index (Phi) is 7.26. The molecule has 6 heteroatoms. The maximum atomic E-state index is 12.6. The van der Waals surface area contributed by atoms with Crippen LogP contribution in [0.1, 0.15) is 21.5 Å². The summed E-state index contributed by atoms with van der Waals surface area (Å²) >= 11 is 13.7. The third-order valence-corrected chi connectivity index (χ3v) is 5.83. The summed E-state index contributed by atoms with van der Waals surface area (Å²) < 4.78 is 5.45. The summed E-state index contributed by atoms with van der Waals surface area (Å²) in [6.45, 7) is 0.374. The number of amides is 1. The zero-order chi connectivity index (χ0) is 19.9. The quantitative estimate of drug-likeness (QED) is 0.450. The maximum absolute atomic E-state index is 12.6. The second kappa shape index (κ2) is 9.87. The van der Waals surface area contributed by atoms with Gasteiger partial charge in [-0.3, -0.25) is 4.79 Å². The summed E-state index contributed by atoms with van der Waals surface area (Å²) in [5, 5.41) is 4.26. The van der Waals surface area contributed by atoms with Crippen LogP contribution in [0.2, 0.25) is 10.0 Å². The molecule has 0 saturated carbocycles. The molecule has 3 nitrogen and oxygen atoms in total. The summed E-state index contributed by atoms with van der Waals surface area (Å²) in [7, 11) is 1.63. The Morgan fingerprint density at radius 3 is 2.46 bits per heavy atom. The van der Waals surface area contributed by atoms with E-state index in [-0.39, 0.29) is 5.91 Å². The number of hydrogen-bond acceptors (Lipinski definition) is 3. The van der Waals surface area contributed by atoms with Crippen LogP contribution in [0, 0.1) is 0 Å². The number of carbonyl (C=O) groups excluding carboxylic acids is 1. The number of methoxy groups -OCH3 is 1. The van der Waals surface area contributed by atoms with Crippen LogP contribution < -0.4 is 10.1 Å². The zero-order valence-corrected chi connectivity index (χ0v) is 17.6. The van der Waals surface area contributed by atoms with Crippen LogP contribution in [0.3, 0.4) is 0 Å². The number of ether oxygens (including phenoxy) is 1. The Hall–Kier alpha value is -2.14. The minimum Gasteiger partial charge on any atom is -0.496 e. The number of thioether (sulfide) groups is 1. The van der Waals surface area contributed by atoms with Gasteiger partial charge in [0.1, 0.15) is 5.75 Å². The standard InChI is InChI=1S/C22H19Cl2NO2S/c1-27-21-11-6-15(22(26)25-13-16-4-2-3-5-20(16)24)12-17(21)14-28-19-9-7-18(23)8-10-19/h2-12H,13-14H2,1H3,(H,25,26). The van der Waals surface area contributed by atoms with Crippen molar-refractivity contribution in [3.63, 3.8) is 0 Å². The lowest BCUT2D eigenvalue weighted by atomic mass is 10.1. The second-order valence-electron chi connectivity index (χ2n) is 6.04. The summed E-state index contributed by atoms with van der Waals surface area (Å²) in [6, 6.07) is 20.6. The lowest BCUT2D eigenvalue weighted by Crippen LogP contribution is -2.23. The Morgan fingerprint density at radius 1 is 1.00 bits per heavy atom. The Labute approximate surface area is 179 Å². The normalized spacial score (nSPS) is 10.5. The van der Waals surface area contributed by atoms with Crippen molar-refractivity contribution < 1.29 is 9.53 Å². The topological polar surface area (TPSA) is 38.3 Å². The first-order chi connectivity index (χ1) is 13.6. The third kappa shape index (κ3) is 5.44. The van der Waals surface area contributed by atoms with E-state index in [2.05, 4.69) is 5.32 Å². The molecule has 0 unspecified atom stereocenters. The van der Waals surface area contributed by atoms with E-state index < -0.39 is 0 Å². The first-order valence-corrected chi connectivity index (χ1v) is 10.4. The predicted molar refractivity (Wildman–Crippen MR) is 117 cm³/mol. The molecule has 0 fully saturated rings. The van der Waals surface area contributed by atoms with Crippen LogP contribution >= 0.6 is 35.0 Å². The largest absolute Gasteiger partial charge is 0.496 e. The van der Waals surface area contributed by atoms with Crippen LogP contribution in [0.5, 0.6) is 5.75 Å². The summed E-state index contributed by atoms with van der Waals surface area (Å²) in [5.41, 5.74) is 2.41. The average molecular weight is 432 g/mol. The highest BCUT2D eigenvalue weighted by Gasteiger charge is 2.11.